The summed E-state index contributed by atoms with van der Waals surface area (Å²) in [6.07, 6.45) is 7.14. The molecule has 2 heterocycles. The van der Waals surface area contributed by atoms with Gasteiger partial charge in [0.05, 0.1) is 5.69 Å². The number of aryl methyl sites for hydroxylation is 1. The van der Waals surface area contributed by atoms with Crippen LogP contribution in [-0.2, 0) is 16.8 Å². The van der Waals surface area contributed by atoms with E-state index >= 15 is 0 Å². The van der Waals surface area contributed by atoms with Gasteiger partial charge in [-0.05, 0) is 52.0 Å². The monoisotopic (exact) mass is 280 g/mol. The van der Waals surface area contributed by atoms with E-state index in [9.17, 15) is 0 Å². The van der Waals surface area contributed by atoms with Crippen molar-refractivity contribution < 1.29 is 4.74 Å². The average molecular weight is 280 g/mol. The Hall–Kier alpha value is -0.450. The fourth-order valence-corrected chi connectivity index (χ4v) is 4.46. The summed E-state index contributed by atoms with van der Waals surface area (Å²) in [4.78, 5) is 6.39. The number of fused-ring (bicyclic) bond motifs is 1. The van der Waals surface area contributed by atoms with Crippen molar-refractivity contribution in [2.24, 2.45) is 0 Å². The van der Waals surface area contributed by atoms with Gasteiger partial charge in [0.15, 0.2) is 0 Å². The maximum Gasteiger partial charge on any atom is 0.125 e. The van der Waals surface area contributed by atoms with Gasteiger partial charge >= 0.3 is 0 Å². The maximum atomic E-state index is 5.95. The Balaban J connectivity index is 1.84. The van der Waals surface area contributed by atoms with Crippen LogP contribution in [0.4, 0.5) is 0 Å². The lowest BCUT2D eigenvalue weighted by molar-refractivity contribution is 0.0165. The summed E-state index contributed by atoms with van der Waals surface area (Å²) in [5, 5.41) is 4.88. The van der Waals surface area contributed by atoms with E-state index in [0.29, 0.717) is 6.04 Å². The number of aromatic nitrogens is 1. The lowest BCUT2D eigenvalue weighted by atomic mass is 9.98. The van der Waals surface area contributed by atoms with Crippen molar-refractivity contribution in [3.63, 3.8) is 0 Å². The summed E-state index contributed by atoms with van der Waals surface area (Å²) in [7, 11) is 0. The van der Waals surface area contributed by atoms with Gasteiger partial charge in [-0.15, -0.1) is 11.3 Å². The molecule has 0 bridgehead atoms. The molecule has 0 amide bonds. The molecule has 0 radical (unpaired) electrons. The zero-order valence-corrected chi connectivity index (χ0v) is 12.8. The van der Waals surface area contributed by atoms with Crippen LogP contribution in [0.15, 0.2) is 0 Å². The van der Waals surface area contributed by atoms with Gasteiger partial charge in [-0.1, -0.05) is 6.92 Å². The Morgan fingerprint density at radius 1 is 1.47 bits per heavy atom. The van der Waals surface area contributed by atoms with Crippen LogP contribution in [0.5, 0.6) is 0 Å². The van der Waals surface area contributed by atoms with Crippen molar-refractivity contribution in [3.8, 4) is 0 Å². The first-order valence-corrected chi connectivity index (χ1v) is 8.42. The number of nitrogens with zero attached hydrogens (tertiary/aromatic N) is 1. The predicted molar refractivity (Wildman–Crippen MR) is 78.6 cm³/mol. The van der Waals surface area contributed by atoms with Gasteiger partial charge in [0.2, 0.25) is 0 Å². The van der Waals surface area contributed by atoms with Gasteiger partial charge in [-0.3, -0.25) is 0 Å². The molecule has 2 atom stereocenters. The van der Waals surface area contributed by atoms with E-state index in [0.717, 1.165) is 32.4 Å². The molecule has 4 heteroatoms. The third kappa shape index (κ3) is 2.58. The molecule has 0 spiro atoms. The van der Waals surface area contributed by atoms with Crippen molar-refractivity contribution >= 4 is 11.3 Å². The highest BCUT2D eigenvalue weighted by Gasteiger charge is 2.37. The zero-order valence-electron chi connectivity index (χ0n) is 12.0. The number of thiazole rings is 1. The van der Waals surface area contributed by atoms with Crippen LogP contribution < -0.4 is 5.32 Å². The van der Waals surface area contributed by atoms with Crippen LogP contribution in [0.3, 0.4) is 0 Å². The Morgan fingerprint density at radius 2 is 2.37 bits per heavy atom. The Morgan fingerprint density at radius 3 is 3.11 bits per heavy atom. The van der Waals surface area contributed by atoms with E-state index in [-0.39, 0.29) is 5.60 Å². The summed E-state index contributed by atoms with van der Waals surface area (Å²) in [5.41, 5.74) is 1.22. The molecule has 1 aliphatic heterocycles. The molecular formula is C15H24N2OS. The van der Waals surface area contributed by atoms with Crippen molar-refractivity contribution in [3.05, 3.63) is 15.6 Å². The van der Waals surface area contributed by atoms with Gasteiger partial charge in [-0.2, -0.15) is 0 Å². The molecule has 1 fully saturated rings. The van der Waals surface area contributed by atoms with Crippen LogP contribution in [0.1, 0.15) is 67.6 Å². The van der Waals surface area contributed by atoms with E-state index in [1.807, 2.05) is 11.3 Å². The first-order valence-electron chi connectivity index (χ1n) is 7.60. The van der Waals surface area contributed by atoms with E-state index in [4.69, 9.17) is 9.72 Å². The first kappa shape index (κ1) is 13.5. The van der Waals surface area contributed by atoms with Crippen LogP contribution in [0.2, 0.25) is 0 Å². The largest absolute Gasteiger partial charge is 0.368 e. The lowest BCUT2D eigenvalue weighted by Gasteiger charge is -2.22. The maximum absolute atomic E-state index is 5.95. The van der Waals surface area contributed by atoms with Gasteiger partial charge < -0.3 is 10.1 Å². The third-order valence-electron chi connectivity index (χ3n) is 4.26. The second kappa shape index (κ2) is 5.51. The zero-order chi connectivity index (χ0) is 13.3. The van der Waals surface area contributed by atoms with Gasteiger partial charge in [0, 0.05) is 17.5 Å². The second-order valence-electron chi connectivity index (χ2n) is 5.91. The predicted octanol–water partition coefficient (Wildman–Crippen LogP) is 3.55. The smallest absolute Gasteiger partial charge is 0.125 e. The fraction of sp³-hybridized carbons (Fsp3) is 0.800. The second-order valence-corrected chi connectivity index (χ2v) is 6.94. The number of hydrogen-bond donors (Lipinski definition) is 1. The van der Waals surface area contributed by atoms with Crippen molar-refractivity contribution in [2.45, 2.75) is 64.0 Å². The number of hydrogen-bond acceptors (Lipinski definition) is 4. The molecule has 2 aliphatic rings. The Bertz CT molecular complexity index is 437. The SMILES string of the molecule is CCCNC1CCCc2nc(C3(C)CCCO3)sc21. The highest BCUT2D eigenvalue weighted by atomic mass is 32.1. The van der Waals surface area contributed by atoms with Crippen molar-refractivity contribution in [2.75, 3.05) is 13.2 Å². The van der Waals surface area contributed by atoms with E-state index in [1.165, 1.54) is 34.8 Å². The summed E-state index contributed by atoms with van der Waals surface area (Å²) in [6, 6.07) is 0.528. The average Bonchev–Trinajstić information content (AvgIpc) is 3.03. The quantitative estimate of drug-likeness (QED) is 0.916. The molecule has 2 unspecified atom stereocenters. The molecule has 1 saturated heterocycles. The summed E-state index contributed by atoms with van der Waals surface area (Å²) in [6.45, 7) is 6.42. The molecule has 0 saturated carbocycles. The van der Waals surface area contributed by atoms with E-state index in [1.54, 1.807) is 0 Å². The summed E-state index contributed by atoms with van der Waals surface area (Å²) >= 11 is 1.89. The number of nitrogens with one attached hydrogen (secondary N) is 1. The topological polar surface area (TPSA) is 34.2 Å². The molecule has 0 aromatic carbocycles. The molecule has 1 aliphatic carbocycles. The van der Waals surface area contributed by atoms with E-state index in [2.05, 4.69) is 19.2 Å². The highest BCUT2D eigenvalue weighted by Crippen LogP contribution is 2.42. The molecule has 3 rings (SSSR count). The molecule has 106 valence electrons. The van der Waals surface area contributed by atoms with Crippen LogP contribution in [-0.4, -0.2) is 18.1 Å². The molecular weight excluding hydrogens is 256 g/mol. The van der Waals surface area contributed by atoms with Crippen LogP contribution >= 0.6 is 11.3 Å². The van der Waals surface area contributed by atoms with Crippen LogP contribution in [0.25, 0.3) is 0 Å². The standard InChI is InChI=1S/C15H24N2OS/c1-3-9-16-11-6-4-7-12-13(11)19-14(17-12)15(2)8-5-10-18-15/h11,16H,3-10H2,1-2H3. The minimum atomic E-state index is -0.114. The molecule has 1 N–H and O–H groups in total. The van der Waals surface area contributed by atoms with E-state index < -0.39 is 0 Å². The Kier molecular flexibility index (Phi) is 3.92. The van der Waals surface area contributed by atoms with Crippen molar-refractivity contribution in [1.29, 1.82) is 0 Å². The summed E-state index contributed by atoms with van der Waals surface area (Å²) < 4.78 is 5.95. The highest BCUT2D eigenvalue weighted by molar-refractivity contribution is 7.12. The Labute approximate surface area is 119 Å². The summed E-state index contributed by atoms with van der Waals surface area (Å²) in [5.74, 6) is 0. The minimum Gasteiger partial charge on any atom is -0.368 e. The number of ether oxygens (including phenoxy) is 1. The molecule has 3 nitrogen and oxygen atoms in total. The van der Waals surface area contributed by atoms with Crippen LogP contribution in [0, 0.1) is 0 Å². The minimum absolute atomic E-state index is 0.114. The van der Waals surface area contributed by atoms with Crippen molar-refractivity contribution in [1.82, 2.24) is 10.3 Å². The van der Waals surface area contributed by atoms with Gasteiger partial charge in [-0.25, -0.2) is 4.98 Å². The molecule has 1 aromatic rings. The molecule has 19 heavy (non-hydrogen) atoms. The number of rotatable bonds is 4. The third-order valence-corrected chi connectivity index (χ3v) is 5.72. The normalized spacial score (nSPS) is 30.5. The first-order chi connectivity index (χ1) is 9.23. The molecule has 1 aromatic heterocycles. The van der Waals surface area contributed by atoms with Gasteiger partial charge in [0.1, 0.15) is 10.6 Å². The lowest BCUT2D eigenvalue weighted by Crippen LogP contribution is -2.24. The fourth-order valence-electron chi connectivity index (χ4n) is 3.11. The van der Waals surface area contributed by atoms with Gasteiger partial charge in [0.25, 0.3) is 0 Å².